The van der Waals surface area contributed by atoms with Crippen molar-refractivity contribution in [2.45, 2.75) is 6.54 Å². The molecule has 0 aliphatic heterocycles. The Morgan fingerprint density at radius 3 is 2.39 bits per heavy atom. The quantitative estimate of drug-likeness (QED) is 0.642. The van der Waals surface area contributed by atoms with Crippen molar-refractivity contribution in [2.75, 3.05) is 5.32 Å². The third kappa shape index (κ3) is 3.64. The van der Waals surface area contributed by atoms with E-state index in [9.17, 15) is 0 Å². The Labute approximate surface area is 133 Å². The van der Waals surface area contributed by atoms with Crippen LogP contribution in [-0.4, -0.2) is 0 Å². The van der Waals surface area contributed by atoms with Crippen molar-refractivity contribution in [1.29, 1.82) is 0 Å². The SMILES string of the molecule is Clc1ccc(NCc2cc(Br)ccc2Cl)cc1Br. The maximum absolute atomic E-state index is 6.13. The molecule has 1 nitrogen and oxygen atoms in total. The van der Waals surface area contributed by atoms with Crippen molar-refractivity contribution in [3.63, 3.8) is 0 Å². The van der Waals surface area contributed by atoms with E-state index >= 15 is 0 Å². The maximum atomic E-state index is 6.13. The fourth-order valence-electron chi connectivity index (χ4n) is 1.48. The summed E-state index contributed by atoms with van der Waals surface area (Å²) in [5.74, 6) is 0. The van der Waals surface area contributed by atoms with Crippen LogP contribution in [-0.2, 0) is 6.54 Å². The van der Waals surface area contributed by atoms with Gasteiger partial charge in [0.1, 0.15) is 0 Å². The number of hydrogen-bond acceptors (Lipinski definition) is 1. The van der Waals surface area contributed by atoms with E-state index in [4.69, 9.17) is 23.2 Å². The van der Waals surface area contributed by atoms with Crippen molar-refractivity contribution in [2.24, 2.45) is 0 Å². The first-order valence-corrected chi connectivity index (χ1v) is 7.53. The number of halogens is 4. The molecule has 0 spiro atoms. The second-order valence-corrected chi connectivity index (χ2v) is 6.30. The lowest BCUT2D eigenvalue weighted by Crippen LogP contribution is -2.00. The van der Waals surface area contributed by atoms with Crippen molar-refractivity contribution < 1.29 is 0 Å². The highest BCUT2D eigenvalue weighted by Crippen LogP contribution is 2.27. The number of hydrogen-bond donors (Lipinski definition) is 1. The van der Waals surface area contributed by atoms with Gasteiger partial charge in [-0.15, -0.1) is 0 Å². The molecule has 94 valence electrons. The van der Waals surface area contributed by atoms with E-state index < -0.39 is 0 Å². The van der Waals surface area contributed by atoms with Crippen LogP contribution in [0, 0.1) is 0 Å². The molecule has 0 unspecified atom stereocenters. The molecule has 0 bridgehead atoms. The van der Waals surface area contributed by atoms with E-state index in [1.165, 1.54) is 0 Å². The Bertz CT molecular complexity index is 573. The molecule has 0 atom stereocenters. The molecule has 18 heavy (non-hydrogen) atoms. The van der Waals surface area contributed by atoms with Gasteiger partial charge in [0.2, 0.25) is 0 Å². The summed E-state index contributed by atoms with van der Waals surface area (Å²) in [7, 11) is 0. The van der Waals surface area contributed by atoms with Gasteiger partial charge in [-0.1, -0.05) is 39.1 Å². The van der Waals surface area contributed by atoms with E-state index in [1.807, 2.05) is 36.4 Å². The first kappa shape index (κ1) is 14.2. The monoisotopic (exact) mass is 407 g/mol. The van der Waals surface area contributed by atoms with Gasteiger partial charge in [-0.25, -0.2) is 0 Å². The van der Waals surface area contributed by atoms with Gasteiger partial charge in [0.25, 0.3) is 0 Å². The summed E-state index contributed by atoms with van der Waals surface area (Å²) >= 11 is 18.9. The average Bonchev–Trinajstić information content (AvgIpc) is 2.34. The van der Waals surface area contributed by atoms with Crippen molar-refractivity contribution in [3.05, 3.63) is 61.0 Å². The standard InChI is InChI=1S/C13H9Br2Cl2N/c14-9-1-3-12(16)8(5-9)7-18-10-2-4-13(17)11(15)6-10/h1-6,18H,7H2. The molecular formula is C13H9Br2Cl2N. The predicted molar refractivity (Wildman–Crippen MR) is 85.6 cm³/mol. The van der Waals surface area contributed by atoms with Gasteiger partial charge < -0.3 is 5.32 Å². The number of nitrogens with one attached hydrogen (secondary N) is 1. The molecule has 2 aromatic rings. The van der Waals surface area contributed by atoms with Gasteiger partial charge in [0, 0.05) is 26.2 Å². The first-order chi connectivity index (χ1) is 8.56. The molecule has 0 fully saturated rings. The first-order valence-electron chi connectivity index (χ1n) is 5.19. The minimum Gasteiger partial charge on any atom is -0.381 e. The highest BCUT2D eigenvalue weighted by molar-refractivity contribution is 9.10. The molecule has 2 aromatic carbocycles. The molecule has 0 aromatic heterocycles. The second kappa shape index (κ2) is 6.29. The summed E-state index contributed by atoms with van der Waals surface area (Å²) in [6.07, 6.45) is 0. The third-order valence-electron chi connectivity index (χ3n) is 2.41. The molecule has 0 aliphatic carbocycles. The van der Waals surface area contributed by atoms with Gasteiger partial charge in [-0.2, -0.15) is 0 Å². The highest BCUT2D eigenvalue weighted by Gasteiger charge is 2.02. The minimum atomic E-state index is 0.659. The van der Waals surface area contributed by atoms with Crippen LogP contribution >= 0.6 is 55.1 Å². The van der Waals surface area contributed by atoms with Crippen molar-refractivity contribution >= 4 is 60.7 Å². The van der Waals surface area contributed by atoms with Crippen LogP contribution in [0.25, 0.3) is 0 Å². The molecule has 2 rings (SSSR count). The minimum absolute atomic E-state index is 0.659. The summed E-state index contributed by atoms with van der Waals surface area (Å²) in [5, 5.41) is 4.75. The van der Waals surface area contributed by atoms with Crippen molar-refractivity contribution in [3.8, 4) is 0 Å². The van der Waals surface area contributed by atoms with E-state index in [1.54, 1.807) is 0 Å². The van der Waals surface area contributed by atoms with Gasteiger partial charge >= 0.3 is 0 Å². The summed E-state index contributed by atoms with van der Waals surface area (Å²) in [4.78, 5) is 0. The zero-order chi connectivity index (χ0) is 13.1. The number of benzene rings is 2. The van der Waals surface area contributed by atoms with Crippen LogP contribution in [0.1, 0.15) is 5.56 Å². The van der Waals surface area contributed by atoms with E-state index in [2.05, 4.69) is 37.2 Å². The van der Waals surface area contributed by atoms with Gasteiger partial charge in [-0.3, -0.25) is 0 Å². The smallest absolute Gasteiger partial charge is 0.0549 e. The van der Waals surface area contributed by atoms with Gasteiger partial charge in [0.15, 0.2) is 0 Å². The average molecular weight is 410 g/mol. The molecule has 0 aliphatic rings. The molecule has 0 radical (unpaired) electrons. The largest absolute Gasteiger partial charge is 0.381 e. The molecule has 0 amide bonds. The predicted octanol–water partition coefficient (Wildman–Crippen LogP) is 6.13. The Hall–Kier alpha value is -0.220. The summed E-state index contributed by atoms with van der Waals surface area (Å²) in [5.41, 5.74) is 2.03. The lowest BCUT2D eigenvalue weighted by Gasteiger charge is -2.09. The van der Waals surface area contributed by atoms with Crippen LogP contribution in [0.15, 0.2) is 45.3 Å². The molecule has 0 saturated carbocycles. The van der Waals surface area contributed by atoms with Crippen LogP contribution < -0.4 is 5.32 Å². The molecule has 5 heteroatoms. The molecular weight excluding hydrogens is 401 g/mol. The normalized spacial score (nSPS) is 10.4. The van der Waals surface area contributed by atoms with Gasteiger partial charge in [0.05, 0.1) is 5.02 Å². The molecule has 0 heterocycles. The highest BCUT2D eigenvalue weighted by atomic mass is 79.9. The van der Waals surface area contributed by atoms with E-state index in [0.29, 0.717) is 11.6 Å². The zero-order valence-corrected chi connectivity index (χ0v) is 13.9. The van der Waals surface area contributed by atoms with Crippen LogP contribution in [0.5, 0.6) is 0 Å². The van der Waals surface area contributed by atoms with E-state index in [-0.39, 0.29) is 0 Å². The topological polar surface area (TPSA) is 12.0 Å². The van der Waals surface area contributed by atoms with Crippen LogP contribution in [0.2, 0.25) is 10.0 Å². The van der Waals surface area contributed by atoms with Crippen molar-refractivity contribution in [1.82, 2.24) is 0 Å². The Morgan fingerprint density at radius 1 is 0.944 bits per heavy atom. The second-order valence-electron chi connectivity index (χ2n) is 3.72. The maximum Gasteiger partial charge on any atom is 0.0549 e. The fraction of sp³-hybridized carbons (Fsp3) is 0.0769. The van der Waals surface area contributed by atoms with Crippen LogP contribution in [0.4, 0.5) is 5.69 Å². The fourth-order valence-corrected chi connectivity index (χ4v) is 2.57. The Kier molecular flexibility index (Phi) is 4.96. The lowest BCUT2D eigenvalue weighted by molar-refractivity contribution is 1.15. The number of anilines is 1. The number of rotatable bonds is 3. The third-order valence-corrected chi connectivity index (χ3v) is 4.49. The Balaban J connectivity index is 2.11. The Morgan fingerprint density at radius 2 is 1.67 bits per heavy atom. The summed E-state index contributed by atoms with van der Waals surface area (Å²) in [6.45, 7) is 0.659. The van der Waals surface area contributed by atoms with Crippen LogP contribution in [0.3, 0.4) is 0 Å². The van der Waals surface area contributed by atoms with E-state index in [0.717, 1.165) is 25.2 Å². The summed E-state index contributed by atoms with van der Waals surface area (Å²) in [6, 6.07) is 11.5. The molecule has 0 saturated heterocycles. The zero-order valence-electron chi connectivity index (χ0n) is 9.18. The lowest BCUT2D eigenvalue weighted by atomic mass is 10.2. The summed E-state index contributed by atoms with van der Waals surface area (Å²) < 4.78 is 1.88. The van der Waals surface area contributed by atoms with Gasteiger partial charge in [-0.05, 0) is 57.9 Å². The molecule has 1 N–H and O–H groups in total.